The number of halogens is 2. The van der Waals surface area contributed by atoms with Gasteiger partial charge in [-0.05, 0) is 48.3 Å². The van der Waals surface area contributed by atoms with Crippen LogP contribution < -0.4 is 0 Å². The fraction of sp³-hybridized carbons (Fsp3) is 0.909. The highest BCUT2D eigenvalue weighted by Crippen LogP contribution is 2.33. The number of carbonyl (C=O) groups is 2. The third-order valence-electron chi connectivity index (χ3n) is 5.15. The Hall–Kier alpha value is -1.04. The lowest BCUT2D eigenvalue weighted by atomic mass is 9.77. The second-order valence-corrected chi connectivity index (χ2v) is 10.7. The Morgan fingerprint density at radius 3 is 0.971 bits per heavy atom. The second-order valence-electron chi connectivity index (χ2n) is 9.69. The van der Waals surface area contributed by atoms with E-state index < -0.39 is 23.4 Å². The summed E-state index contributed by atoms with van der Waals surface area (Å²) in [4.78, 5) is 25.2. The van der Waals surface area contributed by atoms with Crippen LogP contribution in [0.25, 0.3) is 0 Å². The van der Waals surface area contributed by atoms with Crippen LogP contribution in [0, 0.1) is 22.7 Å². The Morgan fingerprint density at radius 1 is 0.647 bits per heavy atom. The third-order valence-corrected chi connectivity index (χ3v) is 5.74. The Labute approximate surface area is 213 Å². The highest BCUT2D eigenvalue weighted by atomic mass is 35.5. The lowest BCUT2D eigenvalue weighted by Crippen LogP contribution is -2.21. The predicted molar refractivity (Wildman–Crippen MR) is 133 cm³/mol. The monoisotopic (exact) mass is 540 g/mol. The summed E-state index contributed by atoms with van der Waals surface area (Å²) in [7, 11) is 0. The van der Waals surface area contributed by atoms with E-state index in [1.807, 2.05) is 0 Å². The quantitative estimate of drug-likeness (QED) is 0.0897. The van der Waals surface area contributed by atoms with Crippen LogP contribution in [0.2, 0.25) is 0 Å². The summed E-state index contributed by atoms with van der Waals surface area (Å²) in [6.45, 7) is 17.7. The molecule has 0 radical (unpaired) electrons. The Kier molecular flexibility index (Phi) is 26.5. The van der Waals surface area contributed by atoms with Crippen molar-refractivity contribution in [1.29, 1.82) is 0 Å². The van der Waals surface area contributed by atoms with Gasteiger partial charge in [0.1, 0.15) is 0 Å². The maximum absolute atomic E-state index is 8.56. The summed E-state index contributed by atoms with van der Waals surface area (Å²) < 4.78 is 0. The molecule has 12 heteroatoms. The van der Waals surface area contributed by atoms with Crippen molar-refractivity contribution in [1.82, 2.24) is 0 Å². The highest BCUT2D eigenvalue weighted by Gasteiger charge is 2.24. The maximum atomic E-state index is 8.56. The van der Waals surface area contributed by atoms with E-state index in [-0.39, 0.29) is 0 Å². The minimum Gasteiger partial charge on any atom is -0.450 e. The fourth-order valence-corrected chi connectivity index (χ4v) is 3.52. The molecule has 0 saturated carbocycles. The molecule has 208 valence electrons. The topological polar surface area (TPSA) is 174 Å². The molecule has 0 aromatic heterocycles. The van der Waals surface area contributed by atoms with Gasteiger partial charge in [0.2, 0.25) is 0 Å². The lowest BCUT2D eigenvalue weighted by Gasteiger charge is -2.30. The zero-order chi connectivity index (χ0) is 28.1. The molecule has 0 fully saturated rings. The van der Waals surface area contributed by atoms with Gasteiger partial charge in [0, 0.05) is 0 Å². The van der Waals surface area contributed by atoms with Gasteiger partial charge in [-0.3, -0.25) is 10.5 Å². The van der Waals surface area contributed by atoms with Crippen LogP contribution in [-0.2, 0) is 9.78 Å². The maximum Gasteiger partial charge on any atom is 0.503 e. The van der Waals surface area contributed by atoms with Crippen LogP contribution in [0.3, 0.4) is 0 Å². The van der Waals surface area contributed by atoms with Crippen molar-refractivity contribution >= 4 is 35.5 Å². The average Bonchev–Trinajstić information content (AvgIpc) is 2.66. The van der Waals surface area contributed by atoms with E-state index in [1.165, 1.54) is 0 Å². The number of rotatable bonds is 10. The largest absolute Gasteiger partial charge is 0.503 e. The van der Waals surface area contributed by atoms with E-state index in [9.17, 15) is 0 Å². The zero-order valence-electron chi connectivity index (χ0n) is 21.6. The van der Waals surface area contributed by atoms with E-state index in [2.05, 4.69) is 65.2 Å². The van der Waals surface area contributed by atoms with Gasteiger partial charge < -0.3 is 20.4 Å². The summed E-state index contributed by atoms with van der Waals surface area (Å²) in [5.74, 6) is 1.26. The number of carboxylic acid groups (broad SMARTS) is 4. The van der Waals surface area contributed by atoms with Gasteiger partial charge in [0.15, 0.2) is 11.1 Å². The first-order chi connectivity index (χ1) is 15.3. The third kappa shape index (κ3) is 33.1. The van der Waals surface area contributed by atoms with Crippen LogP contribution in [0.15, 0.2) is 0 Å². The van der Waals surface area contributed by atoms with Crippen molar-refractivity contribution in [2.24, 2.45) is 22.7 Å². The summed E-state index contributed by atoms with van der Waals surface area (Å²) in [5.41, 5.74) is -0.505. The molecular formula is C22H46Cl2O10. The standard InChI is InChI=1S/2C10H21ClO2.2CH2O3/c2*1-5-8(10(2,3)4)6-7-9(11)13-12;2*2-1(3)4/h2*8-9,12H,5-7H2,1-4H3;2*(H2,2,3,4). The average molecular weight is 542 g/mol. The second kappa shape index (κ2) is 22.4. The Bertz CT molecular complexity index is 441. The lowest BCUT2D eigenvalue weighted by molar-refractivity contribution is -0.257. The molecule has 0 rings (SSSR count). The number of hydrogen-bond donors (Lipinski definition) is 6. The molecule has 0 amide bonds. The molecule has 0 spiro atoms. The van der Waals surface area contributed by atoms with Crippen molar-refractivity contribution < 1.29 is 50.3 Å². The normalized spacial score (nSPS) is 14.5. The number of alkyl halides is 2. The van der Waals surface area contributed by atoms with Crippen molar-refractivity contribution in [3.05, 3.63) is 0 Å². The first-order valence-electron chi connectivity index (χ1n) is 11.0. The van der Waals surface area contributed by atoms with Gasteiger partial charge >= 0.3 is 12.3 Å². The molecule has 34 heavy (non-hydrogen) atoms. The minimum absolute atomic E-state index is 0.306. The molecule has 0 aromatic carbocycles. The van der Waals surface area contributed by atoms with Crippen LogP contribution in [0.5, 0.6) is 0 Å². The van der Waals surface area contributed by atoms with Gasteiger partial charge in [-0.25, -0.2) is 19.4 Å². The van der Waals surface area contributed by atoms with E-state index in [0.717, 1.165) is 25.7 Å². The first-order valence-corrected chi connectivity index (χ1v) is 11.9. The molecule has 0 heterocycles. The molecule has 0 aromatic rings. The highest BCUT2D eigenvalue weighted by molar-refractivity contribution is 6.19. The van der Waals surface area contributed by atoms with E-state index in [1.54, 1.807) is 0 Å². The van der Waals surface area contributed by atoms with Crippen molar-refractivity contribution in [3.63, 3.8) is 0 Å². The van der Waals surface area contributed by atoms with Crippen molar-refractivity contribution in [2.75, 3.05) is 0 Å². The minimum atomic E-state index is -1.83. The zero-order valence-corrected chi connectivity index (χ0v) is 23.1. The fourth-order valence-electron chi connectivity index (χ4n) is 3.27. The molecule has 6 N–H and O–H groups in total. The Morgan fingerprint density at radius 2 is 0.853 bits per heavy atom. The van der Waals surface area contributed by atoms with E-state index >= 15 is 0 Å². The Balaban J connectivity index is -0.000000201. The summed E-state index contributed by atoms with van der Waals surface area (Å²) in [5, 5.41) is 44.5. The molecule has 0 aliphatic heterocycles. The molecule has 0 aliphatic carbocycles. The molecule has 4 atom stereocenters. The van der Waals surface area contributed by atoms with Crippen molar-refractivity contribution in [2.45, 2.75) is 105 Å². The van der Waals surface area contributed by atoms with Crippen LogP contribution in [-0.4, -0.2) is 54.4 Å². The smallest absolute Gasteiger partial charge is 0.450 e. The van der Waals surface area contributed by atoms with Gasteiger partial charge in [-0.1, -0.05) is 91.4 Å². The van der Waals surface area contributed by atoms with E-state index in [4.69, 9.17) is 63.7 Å². The van der Waals surface area contributed by atoms with E-state index in [0.29, 0.717) is 35.5 Å². The van der Waals surface area contributed by atoms with Gasteiger partial charge in [-0.2, -0.15) is 0 Å². The number of hydrogen-bond acceptors (Lipinski definition) is 6. The van der Waals surface area contributed by atoms with Crippen LogP contribution in [0.4, 0.5) is 9.59 Å². The predicted octanol–water partition coefficient (Wildman–Crippen LogP) is 8.23. The molecule has 0 aliphatic rings. The SMILES string of the molecule is CCC(CCC(Cl)OO)C(C)(C)C.CCC(CCC(Cl)OO)C(C)(C)C.O=C(O)O.O=C(O)O. The molecule has 0 saturated heterocycles. The molecule has 0 bridgehead atoms. The summed E-state index contributed by atoms with van der Waals surface area (Å²) in [6, 6.07) is 0. The first kappa shape index (κ1) is 40.1. The van der Waals surface area contributed by atoms with Gasteiger partial charge in [-0.15, -0.1) is 0 Å². The van der Waals surface area contributed by atoms with Crippen LogP contribution >= 0.6 is 23.2 Å². The van der Waals surface area contributed by atoms with Gasteiger partial charge in [0.05, 0.1) is 0 Å². The summed E-state index contributed by atoms with van der Waals surface area (Å²) >= 11 is 11.3. The van der Waals surface area contributed by atoms with Gasteiger partial charge in [0.25, 0.3) is 0 Å². The summed E-state index contributed by atoms with van der Waals surface area (Å²) in [6.07, 6.45) is 2.00. The van der Waals surface area contributed by atoms with Crippen molar-refractivity contribution in [3.8, 4) is 0 Å². The molecule has 4 unspecified atom stereocenters. The molecule has 10 nitrogen and oxygen atoms in total. The van der Waals surface area contributed by atoms with Crippen LogP contribution in [0.1, 0.15) is 93.9 Å². The molecular weight excluding hydrogens is 495 g/mol.